The number of amides is 1. The number of ether oxygens (including phenoxy) is 1. The van der Waals surface area contributed by atoms with Gasteiger partial charge in [-0.25, -0.2) is 4.79 Å². The number of nitrogens with zero attached hydrogens (tertiary/aromatic N) is 3. The number of fused-ring (bicyclic) bond motifs is 1. The maximum atomic E-state index is 12.3. The van der Waals surface area contributed by atoms with Crippen LogP contribution in [0.4, 0.5) is 10.5 Å². The summed E-state index contributed by atoms with van der Waals surface area (Å²) in [5.74, 6) is 0.294. The minimum absolute atomic E-state index is 0.172. The lowest BCUT2D eigenvalue weighted by Gasteiger charge is -2.37. The summed E-state index contributed by atoms with van der Waals surface area (Å²) in [6, 6.07) is 6.67. The monoisotopic (exact) mass is 366 g/mol. The normalized spacial score (nSPS) is 19.6. The molecule has 1 saturated heterocycles. The summed E-state index contributed by atoms with van der Waals surface area (Å²) in [4.78, 5) is 15.7. The Hall–Kier alpha value is -2.29. The zero-order valence-electron chi connectivity index (χ0n) is 14.5. The van der Waals surface area contributed by atoms with Crippen LogP contribution in [-0.4, -0.2) is 62.1 Å². The molecule has 2 aliphatic rings. The summed E-state index contributed by atoms with van der Waals surface area (Å²) >= 11 is 0. The molecule has 0 unspecified atom stereocenters. The Morgan fingerprint density at radius 2 is 1.80 bits per heavy atom. The molecule has 0 radical (unpaired) electrons. The molecule has 1 amide bonds. The first kappa shape index (κ1) is 17.5. The number of rotatable bonds is 0. The lowest BCUT2D eigenvalue weighted by atomic mass is 10.2. The van der Waals surface area contributed by atoms with E-state index in [4.69, 9.17) is 4.74 Å². The Morgan fingerprint density at radius 1 is 1.16 bits per heavy atom. The van der Waals surface area contributed by atoms with Crippen LogP contribution in [0, 0.1) is 0 Å². The van der Waals surface area contributed by atoms with Crippen LogP contribution in [-0.2, 0) is 14.8 Å². The first-order valence-corrected chi connectivity index (χ1v) is 9.54. The number of para-hydroxylation sites is 1. The Balaban J connectivity index is 1.68. The van der Waals surface area contributed by atoms with E-state index in [1.165, 1.54) is 6.07 Å². The van der Waals surface area contributed by atoms with Gasteiger partial charge in [-0.15, -0.1) is 4.40 Å². The van der Waals surface area contributed by atoms with Crippen molar-refractivity contribution in [1.82, 2.24) is 9.80 Å². The molecular formula is C16H22N4O4S. The predicted octanol–water partition coefficient (Wildman–Crippen LogP) is 1.71. The molecule has 0 spiro atoms. The SMILES string of the molecule is CC(C)(C)OC(=O)N1CCN(C2=NS(=O)(=O)c3ccccc3N2)CC1. The van der Waals surface area contributed by atoms with Gasteiger partial charge in [-0.05, 0) is 32.9 Å². The first-order valence-electron chi connectivity index (χ1n) is 8.10. The molecule has 25 heavy (non-hydrogen) atoms. The van der Waals surface area contributed by atoms with Crippen molar-refractivity contribution in [3.63, 3.8) is 0 Å². The zero-order chi connectivity index (χ0) is 18.2. The topological polar surface area (TPSA) is 91.3 Å². The molecule has 136 valence electrons. The second-order valence-corrected chi connectivity index (χ2v) is 8.54. The Bertz CT molecular complexity index is 806. The van der Waals surface area contributed by atoms with Crippen LogP contribution in [0.1, 0.15) is 20.8 Å². The fourth-order valence-electron chi connectivity index (χ4n) is 2.67. The minimum Gasteiger partial charge on any atom is -0.444 e. The molecule has 2 heterocycles. The number of hydrogen-bond donors (Lipinski definition) is 1. The van der Waals surface area contributed by atoms with E-state index in [2.05, 4.69) is 9.71 Å². The number of carbonyl (C=O) groups is 1. The van der Waals surface area contributed by atoms with Crippen LogP contribution < -0.4 is 5.32 Å². The van der Waals surface area contributed by atoms with Crippen molar-refractivity contribution in [3.05, 3.63) is 24.3 Å². The summed E-state index contributed by atoms with van der Waals surface area (Å²) in [5.41, 5.74) is -0.0249. The third-order valence-corrected chi connectivity index (χ3v) is 5.17. The summed E-state index contributed by atoms with van der Waals surface area (Å²) in [6.45, 7) is 7.30. The smallest absolute Gasteiger partial charge is 0.410 e. The average molecular weight is 366 g/mol. The molecule has 3 rings (SSSR count). The highest BCUT2D eigenvalue weighted by Gasteiger charge is 2.31. The number of piperazine rings is 1. The summed E-state index contributed by atoms with van der Waals surface area (Å²) < 4.78 is 33.9. The van der Waals surface area contributed by atoms with Crippen molar-refractivity contribution < 1.29 is 17.9 Å². The zero-order valence-corrected chi connectivity index (χ0v) is 15.3. The van der Waals surface area contributed by atoms with Gasteiger partial charge in [-0.1, -0.05) is 12.1 Å². The highest BCUT2D eigenvalue weighted by molar-refractivity contribution is 7.90. The average Bonchev–Trinajstić information content (AvgIpc) is 2.53. The number of anilines is 1. The van der Waals surface area contributed by atoms with E-state index in [0.717, 1.165) is 0 Å². The number of guanidine groups is 1. The highest BCUT2D eigenvalue weighted by Crippen LogP contribution is 2.27. The van der Waals surface area contributed by atoms with Crippen molar-refractivity contribution in [2.75, 3.05) is 31.5 Å². The largest absolute Gasteiger partial charge is 0.444 e. The van der Waals surface area contributed by atoms with Gasteiger partial charge in [-0.3, -0.25) is 0 Å². The lowest BCUT2D eigenvalue weighted by molar-refractivity contribution is 0.0187. The number of carbonyl (C=O) groups excluding carboxylic acids is 1. The summed E-state index contributed by atoms with van der Waals surface area (Å²) in [6.07, 6.45) is -0.358. The highest BCUT2D eigenvalue weighted by atomic mass is 32.2. The molecule has 0 bridgehead atoms. The Kier molecular flexibility index (Phi) is 4.36. The van der Waals surface area contributed by atoms with Gasteiger partial charge in [-0.2, -0.15) is 8.42 Å². The molecule has 1 aromatic rings. The van der Waals surface area contributed by atoms with E-state index in [-0.39, 0.29) is 11.0 Å². The fraction of sp³-hybridized carbons (Fsp3) is 0.500. The van der Waals surface area contributed by atoms with Crippen LogP contribution in [0.3, 0.4) is 0 Å². The van der Waals surface area contributed by atoms with E-state index >= 15 is 0 Å². The Morgan fingerprint density at radius 3 is 2.44 bits per heavy atom. The molecule has 0 saturated carbocycles. The van der Waals surface area contributed by atoms with Crippen molar-refractivity contribution in [1.29, 1.82) is 0 Å². The predicted molar refractivity (Wildman–Crippen MR) is 94.1 cm³/mol. The van der Waals surface area contributed by atoms with Gasteiger partial charge < -0.3 is 19.9 Å². The standard InChI is InChI=1S/C16H22N4O4S/c1-16(2,3)24-15(21)20-10-8-19(9-11-20)14-17-12-6-4-5-7-13(12)25(22,23)18-14/h4-7H,8-11H2,1-3H3,(H,17,18). The van der Waals surface area contributed by atoms with Crippen molar-refractivity contribution in [2.24, 2.45) is 4.40 Å². The number of benzene rings is 1. The minimum atomic E-state index is -3.72. The van der Waals surface area contributed by atoms with Crippen LogP contribution in [0.5, 0.6) is 0 Å². The Labute approximate surface area is 147 Å². The van der Waals surface area contributed by atoms with Crippen LogP contribution >= 0.6 is 0 Å². The van der Waals surface area contributed by atoms with Gasteiger partial charge in [0, 0.05) is 26.2 Å². The molecule has 0 aromatic heterocycles. The van der Waals surface area contributed by atoms with E-state index in [1.54, 1.807) is 23.1 Å². The quantitative estimate of drug-likeness (QED) is 0.752. The van der Waals surface area contributed by atoms with Gasteiger partial charge in [0.1, 0.15) is 10.5 Å². The van der Waals surface area contributed by atoms with Crippen LogP contribution in [0.2, 0.25) is 0 Å². The van der Waals surface area contributed by atoms with Crippen LogP contribution in [0.15, 0.2) is 33.6 Å². The van der Waals surface area contributed by atoms with Crippen molar-refractivity contribution >= 4 is 27.8 Å². The maximum Gasteiger partial charge on any atom is 0.410 e. The van der Waals surface area contributed by atoms with Crippen LogP contribution in [0.25, 0.3) is 0 Å². The lowest BCUT2D eigenvalue weighted by Crippen LogP contribution is -2.53. The number of nitrogens with one attached hydrogen (secondary N) is 1. The second-order valence-electron chi connectivity index (χ2n) is 6.97. The molecule has 0 atom stereocenters. The molecule has 2 aliphatic heterocycles. The second kappa shape index (κ2) is 6.21. The molecule has 1 aromatic carbocycles. The van der Waals surface area contributed by atoms with Crippen molar-refractivity contribution in [2.45, 2.75) is 31.3 Å². The van der Waals surface area contributed by atoms with Gasteiger partial charge in [0.15, 0.2) is 0 Å². The fourth-order valence-corrected chi connectivity index (χ4v) is 3.80. The van der Waals surface area contributed by atoms with E-state index in [9.17, 15) is 13.2 Å². The molecule has 8 nitrogen and oxygen atoms in total. The number of sulfonamides is 1. The number of hydrogen-bond acceptors (Lipinski definition) is 6. The van der Waals surface area contributed by atoms with Gasteiger partial charge in [0.25, 0.3) is 10.0 Å². The van der Waals surface area contributed by atoms with Crippen molar-refractivity contribution in [3.8, 4) is 0 Å². The van der Waals surface area contributed by atoms with E-state index in [1.807, 2.05) is 25.7 Å². The molecule has 9 heteroatoms. The van der Waals surface area contributed by atoms with Gasteiger partial charge in [0.2, 0.25) is 5.96 Å². The van der Waals surface area contributed by atoms with Gasteiger partial charge >= 0.3 is 6.09 Å². The molecular weight excluding hydrogens is 344 g/mol. The van der Waals surface area contributed by atoms with Gasteiger partial charge in [0.05, 0.1) is 5.69 Å². The maximum absolute atomic E-state index is 12.3. The first-order chi connectivity index (χ1) is 11.7. The third-order valence-electron chi connectivity index (χ3n) is 3.85. The van der Waals surface area contributed by atoms with E-state index in [0.29, 0.717) is 37.8 Å². The molecule has 1 fully saturated rings. The third kappa shape index (κ3) is 3.87. The summed E-state index contributed by atoms with van der Waals surface area (Å²) in [7, 11) is -3.72. The molecule has 1 N–H and O–H groups in total. The van der Waals surface area contributed by atoms with E-state index < -0.39 is 15.6 Å². The summed E-state index contributed by atoms with van der Waals surface area (Å²) in [5, 5.41) is 3.07. The molecule has 0 aliphatic carbocycles.